The van der Waals surface area contributed by atoms with E-state index in [1.165, 1.54) is 0 Å². The Kier molecular flexibility index (Phi) is 4.50. The van der Waals surface area contributed by atoms with Crippen LogP contribution < -0.4 is 8.85 Å². The molecule has 0 aliphatic carbocycles. The highest BCUT2D eigenvalue weighted by molar-refractivity contribution is 6.75. The van der Waals surface area contributed by atoms with Crippen molar-refractivity contribution in [2.45, 2.75) is 58.9 Å². The largest absolute Gasteiger partial charge is 0.530 e. The predicted octanol–water partition coefficient (Wildman–Crippen LogP) is 3.94. The van der Waals surface area contributed by atoms with E-state index in [-0.39, 0.29) is 0 Å². The van der Waals surface area contributed by atoms with Crippen molar-refractivity contribution in [3.63, 3.8) is 0 Å². The lowest BCUT2D eigenvalue weighted by atomic mass is 10.5. The number of imidazole rings is 1. The summed E-state index contributed by atoms with van der Waals surface area (Å²) >= 11 is 0. The van der Waals surface area contributed by atoms with Crippen LogP contribution in [0.4, 0.5) is 0 Å². The van der Waals surface area contributed by atoms with Crippen LogP contribution in [0.3, 0.4) is 0 Å². The van der Waals surface area contributed by atoms with Gasteiger partial charge in [-0.3, -0.25) is 0 Å². The molecule has 0 amide bonds. The number of hydrogen-bond donors (Lipinski definition) is 0. The van der Waals surface area contributed by atoms with Crippen molar-refractivity contribution < 1.29 is 8.85 Å². The highest BCUT2D eigenvalue weighted by atomic mass is 28.4. The third-order valence-electron chi connectivity index (χ3n) is 2.87. The van der Waals surface area contributed by atoms with Gasteiger partial charge in [-0.1, -0.05) is 19.6 Å². The SMILES string of the molecule is C[Si](C)(C)Oc1nc(O[Si](C)(C)C)c2ncn([Si](C)(C)C)c2n1. The zero-order valence-corrected chi connectivity index (χ0v) is 18.7. The minimum absolute atomic E-state index is 0.407. The molecular formula is C14H28N4O2Si3. The maximum atomic E-state index is 6.16. The summed E-state index contributed by atoms with van der Waals surface area (Å²) in [6.07, 6.45) is 1.86. The summed E-state index contributed by atoms with van der Waals surface area (Å²) in [5, 5.41) is 0. The maximum Gasteiger partial charge on any atom is 0.307 e. The molecule has 23 heavy (non-hydrogen) atoms. The zero-order valence-electron chi connectivity index (χ0n) is 15.7. The monoisotopic (exact) mass is 368 g/mol. The third-order valence-corrected chi connectivity index (χ3v) is 6.24. The van der Waals surface area contributed by atoms with E-state index in [1.54, 1.807) is 0 Å². The van der Waals surface area contributed by atoms with E-state index in [1.807, 2.05) is 6.33 Å². The Morgan fingerprint density at radius 1 is 0.826 bits per heavy atom. The van der Waals surface area contributed by atoms with E-state index in [4.69, 9.17) is 8.85 Å². The summed E-state index contributed by atoms with van der Waals surface area (Å²) in [6, 6.07) is 0.407. The molecule has 0 saturated heterocycles. The van der Waals surface area contributed by atoms with Gasteiger partial charge in [-0.05, 0) is 39.3 Å². The van der Waals surface area contributed by atoms with Crippen LogP contribution in [0.15, 0.2) is 6.33 Å². The molecule has 6 nitrogen and oxygen atoms in total. The van der Waals surface area contributed by atoms with E-state index in [9.17, 15) is 0 Å². The van der Waals surface area contributed by atoms with Crippen LogP contribution >= 0.6 is 0 Å². The topological polar surface area (TPSA) is 62.1 Å². The lowest BCUT2D eigenvalue weighted by Crippen LogP contribution is -2.33. The molecule has 9 heteroatoms. The van der Waals surface area contributed by atoms with Gasteiger partial charge in [-0.2, -0.15) is 9.97 Å². The second-order valence-electron chi connectivity index (χ2n) is 8.70. The van der Waals surface area contributed by atoms with E-state index in [0.717, 1.165) is 11.2 Å². The molecule has 0 atom stereocenters. The van der Waals surface area contributed by atoms with E-state index in [2.05, 4.69) is 78.1 Å². The van der Waals surface area contributed by atoms with Crippen LogP contribution in [-0.4, -0.2) is 44.1 Å². The fourth-order valence-electron chi connectivity index (χ4n) is 2.03. The first-order chi connectivity index (χ1) is 10.3. The van der Waals surface area contributed by atoms with Gasteiger partial charge in [0.25, 0.3) is 0 Å². The van der Waals surface area contributed by atoms with Gasteiger partial charge in [0, 0.05) is 0 Å². The Morgan fingerprint density at radius 2 is 1.39 bits per heavy atom. The van der Waals surface area contributed by atoms with Crippen LogP contribution in [0, 0.1) is 0 Å². The summed E-state index contributed by atoms with van der Waals surface area (Å²) < 4.78 is 14.4. The minimum Gasteiger partial charge on any atom is -0.530 e. The molecule has 0 fully saturated rings. The molecule has 0 aliphatic rings. The van der Waals surface area contributed by atoms with Gasteiger partial charge in [0.15, 0.2) is 19.4 Å². The van der Waals surface area contributed by atoms with Crippen LogP contribution in [0.2, 0.25) is 58.9 Å². The zero-order chi connectivity index (χ0) is 17.6. The summed E-state index contributed by atoms with van der Waals surface area (Å²) in [4.78, 5) is 13.7. The Hall–Kier alpha value is -1.20. The van der Waals surface area contributed by atoms with E-state index >= 15 is 0 Å². The molecule has 128 valence electrons. The van der Waals surface area contributed by atoms with Gasteiger partial charge in [-0.25, -0.2) is 4.98 Å². The highest BCUT2D eigenvalue weighted by Crippen LogP contribution is 2.28. The molecule has 0 aromatic carbocycles. The van der Waals surface area contributed by atoms with Crippen LogP contribution in [0.1, 0.15) is 0 Å². The normalized spacial score (nSPS) is 13.4. The number of hydrogen-bond acceptors (Lipinski definition) is 5. The smallest absolute Gasteiger partial charge is 0.307 e. The van der Waals surface area contributed by atoms with Crippen molar-refractivity contribution in [3.05, 3.63) is 6.33 Å². The highest BCUT2D eigenvalue weighted by Gasteiger charge is 2.27. The summed E-state index contributed by atoms with van der Waals surface area (Å²) in [6.45, 7) is 19.5. The van der Waals surface area contributed by atoms with Crippen molar-refractivity contribution in [2.24, 2.45) is 0 Å². The Balaban J connectivity index is 2.65. The molecule has 2 aromatic rings. The molecule has 0 aliphatic heterocycles. The predicted molar refractivity (Wildman–Crippen MR) is 102 cm³/mol. The van der Waals surface area contributed by atoms with Crippen molar-refractivity contribution in [3.8, 4) is 11.9 Å². The molecular weight excluding hydrogens is 340 g/mol. The summed E-state index contributed by atoms with van der Waals surface area (Å²) in [7, 11) is -5.24. The standard InChI is InChI=1S/C14H28N4O2Si3/c1-21(2,3)18-10-15-11-12(18)16-14(20-23(7,8)9)17-13(11)19-22(4,5)6/h10H,1-9H3. The van der Waals surface area contributed by atoms with Crippen molar-refractivity contribution in [2.75, 3.05) is 0 Å². The van der Waals surface area contributed by atoms with E-state index < -0.39 is 24.9 Å². The van der Waals surface area contributed by atoms with Crippen molar-refractivity contribution in [1.29, 1.82) is 0 Å². The average molecular weight is 369 g/mol. The first-order valence-electron chi connectivity index (χ1n) is 7.90. The number of aromatic nitrogens is 4. The fraction of sp³-hybridized carbons (Fsp3) is 0.643. The van der Waals surface area contributed by atoms with Crippen LogP contribution in [0.25, 0.3) is 11.2 Å². The Bertz CT molecular complexity index is 712. The molecule has 2 rings (SSSR count). The molecule has 0 spiro atoms. The molecule has 2 heterocycles. The van der Waals surface area contributed by atoms with Gasteiger partial charge in [0.1, 0.15) is 0 Å². The average Bonchev–Trinajstić information content (AvgIpc) is 2.67. The van der Waals surface area contributed by atoms with Gasteiger partial charge >= 0.3 is 6.01 Å². The van der Waals surface area contributed by atoms with Crippen LogP contribution in [-0.2, 0) is 0 Å². The van der Waals surface area contributed by atoms with Crippen molar-refractivity contribution in [1.82, 2.24) is 19.2 Å². The van der Waals surface area contributed by atoms with Gasteiger partial charge in [0.2, 0.25) is 22.5 Å². The molecule has 0 saturated carbocycles. The molecule has 0 N–H and O–H groups in total. The number of fused-ring (bicyclic) bond motifs is 1. The molecule has 0 unspecified atom stereocenters. The number of rotatable bonds is 5. The van der Waals surface area contributed by atoms with Gasteiger partial charge < -0.3 is 13.1 Å². The summed E-state index contributed by atoms with van der Waals surface area (Å²) in [5.74, 6) is 0.555. The van der Waals surface area contributed by atoms with E-state index in [0.29, 0.717) is 11.9 Å². The first kappa shape index (κ1) is 18.1. The lowest BCUT2D eigenvalue weighted by Gasteiger charge is -2.22. The van der Waals surface area contributed by atoms with Gasteiger partial charge in [0.05, 0.1) is 6.33 Å². The Labute approximate surface area is 141 Å². The number of nitrogens with zero attached hydrogens (tertiary/aromatic N) is 4. The fourth-order valence-corrected chi connectivity index (χ4v) is 4.58. The maximum absolute atomic E-state index is 6.16. The Morgan fingerprint density at radius 3 is 1.87 bits per heavy atom. The third kappa shape index (κ3) is 4.64. The second-order valence-corrected chi connectivity index (χ2v) is 22.4. The molecule has 0 radical (unpaired) electrons. The lowest BCUT2D eigenvalue weighted by molar-refractivity contribution is 0.481. The van der Waals surface area contributed by atoms with Crippen molar-refractivity contribution >= 4 is 36.0 Å². The van der Waals surface area contributed by atoms with Crippen LogP contribution in [0.5, 0.6) is 11.9 Å². The molecule has 0 bridgehead atoms. The second kappa shape index (κ2) is 5.71. The van der Waals surface area contributed by atoms with Gasteiger partial charge in [-0.15, -0.1) is 0 Å². The quantitative estimate of drug-likeness (QED) is 0.748. The molecule has 2 aromatic heterocycles. The summed E-state index contributed by atoms with van der Waals surface area (Å²) in [5.41, 5.74) is 1.55. The first-order valence-corrected chi connectivity index (χ1v) is 18.2. The minimum atomic E-state index is -1.81.